The summed E-state index contributed by atoms with van der Waals surface area (Å²) in [7, 11) is 0. The second-order valence-electron chi connectivity index (χ2n) is 2.97. The van der Waals surface area contributed by atoms with E-state index in [9.17, 15) is 5.11 Å². The number of phenols is 1. The fourth-order valence-corrected chi connectivity index (χ4v) is 2.54. The zero-order valence-electron chi connectivity index (χ0n) is 6.66. The molecule has 0 aliphatic carbocycles. The highest BCUT2D eigenvalue weighted by atomic mass is 32.2. The van der Waals surface area contributed by atoms with Crippen LogP contribution in [0.1, 0.15) is 18.0 Å². The molecule has 0 aromatic heterocycles. The largest absolute Gasteiger partial charge is 0.508 e. The number of hydrogen-bond acceptors (Lipinski definition) is 3. The lowest BCUT2D eigenvalue weighted by Gasteiger charge is -2.21. The number of benzene rings is 1. The summed E-state index contributed by atoms with van der Waals surface area (Å²) in [6.45, 7) is 0. The Balaban J connectivity index is 2.47. The van der Waals surface area contributed by atoms with E-state index in [0.29, 0.717) is 5.75 Å². The van der Waals surface area contributed by atoms with Crippen LogP contribution in [0.2, 0.25) is 0 Å². The molecule has 2 nitrogen and oxygen atoms in total. The van der Waals surface area contributed by atoms with Crippen LogP contribution < -0.4 is 5.73 Å². The standard InChI is InChI=1S/C9H11NOS/c10-8-3-4-12-9-2-1-6(11)5-7(8)9/h1-2,5,8,11H,3-4,10H2. The molecule has 1 unspecified atom stereocenters. The normalized spacial score (nSPS) is 21.9. The monoisotopic (exact) mass is 181 g/mol. The van der Waals surface area contributed by atoms with Crippen LogP contribution in [-0.4, -0.2) is 10.9 Å². The third-order valence-corrected chi connectivity index (χ3v) is 3.20. The minimum Gasteiger partial charge on any atom is -0.508 e. The van der Waals surface area contributed by atoms with Gasteiger partial charge in [-0.1, -0.05) is 0 Å². The van der Waals surface area contributed by atoms with Gasteiger partial charge in [0.25, 0.3) is 0 Å². The van der Waals surface area contributed by atoms with Gasteiger partial charge in [-0.3, -0.25) is 0 Å². The van der Waals surface area contributed by atoms with Gasteiger partial charge in [0.05, 0.1) is 0 Å². The van der Waals surface area contributed by atoms with E-state index in [1.54, 1.807) is 12.1 Å². The maximum absolute atomic E-state index is 9.24. The molecular weight excluding hydrogens is 170 g/mol. The van der Waals surface area contributed by atoms with E-state index in [4.69, 9.17) is 5.73 Å². The molecule has 0 bridgehead atoms. The Bertz CT molecular complexity index is 301. The number of aromatic hydroxyl groups is 1. The smallest absolute Gasteiger partial charge is 0.115 e. The van der Waals surface area contributed by atoms with Gasteiger partial charge in [0.2, 0.25) is 0 Å². The van der Waals surface area contributed by atoms with Crippen molar-refractivity contribution in [2.75, 3.05) is 5.75 Å². The third-order valence-electron chi connectivity index (χ3n) is 2.08. The van der Waals surface area contributed by atoms with E-state index < -0.39 is 0 Å². The highest BCUT2D eigenvalue weighted by Crippen LogP contribution is 2.36. The second kappa shape index (κ2) is 2.99. The molecule has 12 heavy (non-hydrogen) atoms. The molecule has 64 valence electrons. The zero-order valence-corrected chi connectivity index (χ0v) is 7.47. The molecule has 2 rings (SSSR count). The van der Waals surface area contributed by atoms with Crippen LogP contribution >= 0.6 is 11.8 Å². The SMILES string of the molecule is NC1CCSc2ccc(O)cc21. The predicted molar refractivity (Wildman–Crippen MR) is 50.4 cm³/mol. The Kier molecular flexibility index (Phi) is 1.98. The fraction of sp³-hybridized carbons (Fsp3) is 0.333. The summed E-state index contributed by atoms with van der Waals surface area (Å²) >= 11 is 1.81. The first-order valence-corrected chi connectivity index (χ1v) is 4.97. The van der Waals surface area contributed by atoms with Crippen molar-refractivity contribution in [3.8, 4) is 5.75 Å². The van der Waals surface area contributed by atoms with Crippen LogP contribution in [-0.2, 0) is 0 Å². The predicted octanol–water partition coefficient (Wildman–Crippen LogP) is 1.89. The van der Waals surface area contributed by atoms with Crippen LogP contribution in [0.4, 0.5) is 0 Å². The van der Waals surface area contributed by atoms with E-state index in [0.717, 1.165) is 17.7 Å². The lowest BCUT2D eigenvalue weighted by Crippen LogP contribution is -2.15. The van der Waals surface area contributed by atoms with E-state index in [1.165, 1.54) is 4.90 Å². The number of phenolic OH excluding ortho intramolecular Hbond substituents is 1. The van der Waals surface area contributed by atoms with Crippen LogP contribution in [0, 0.1) is 0 Å². The van der Waals surface area contributed by atoms with Crippen LogP contribution in [0.15, 0.2) is 23.1 Å². The van der Waals surface area contributed by atoms with Crippen molar-refractivity contribution in [2.24, 2.45) is 5.73 Å². The average Bonchev–Trinajstić information content (AvgIpc) is 2.07. The van der Waals surface area contributed by atoms with Crippen molar-refractivity contribution in [2.45, 2.75) is 17.4 Å². The molecule has 1 aliphatic rings. The second-order valence-corrected chi connectivity index (χ2v) is 4.10. The summed E-state index contributed by atoms with van der Waals surface area (Å²) < 4.78 is 0. The third kappa shape index (κ3) is 1.30. The van der Waals surface area contributed by atoms with Gasteiger partial charge in [0, 0.05) is 10.9 Å². The minimum atomic E-state index is 0.105. The highest BCUT2D eigenvalue weighted by molar-refractivity contribution is 7.99. The molecule has 0 fully saturated rings. The highest BCUT2D eigenvalue weighted by Gasteiger charge is 2.16. The summed E-state index contributed by atoms with van der Waals surface area (Å²) in [4.78, 5) is 1.21. The maximum atomic E-state index is 9.24. The quantitative estimate of drug-likeness (QED) is 0.642. The molecule has 3 heteroatoms. The van der Waals surface area contributed by atoms with E-state index in [-0.39, 0.29) is 6.04 Å². The number of fused-ring (bicyclic) bond motifs is 1. The summed E-state index contributed by atoms with van der Waals surface area (Å²) in [6.07, 6.45) is 1.00. The van der Waals surface area contributed by atoms with E-state index >= 15 is 0 Å². The van der Waals surface area contributed by atoms with Gasteiger partial charge in [0.15, 0.2) is 0 Å². The molecule has 0 saturated heterocycles. The van der Waals surface area contributed by atoms with Crippen molar-refractivity contribution >= 4 is 11.8 Å². The summed E-state index contributed by atoms with van der Waals surface area (Å²) in [5.41, 5.74) is 6.98. The van der Waals surface area contributed by atoms with E-state index in [2.05, 4.69) is 0 Å². The Labute approximate surface area is 75.8 Å². The molecule has 3 N–H and O–H groups in total. The Hall–Kier alpha value is -0.670. The number of thioether (sulfide) groups is 1. The molecule has 0 amide bonds. The number of rotatable bonds is 0. The molecule has 0 saturated carbocycles. The number of nitrogens with two attached hydrogens (primary N) is 1. The van der Waals surface area contributed by atoms with Crippen LogP contribution in [0.3, 0.4) is 0 Å². The van der Waals surface area contributed by atoms with E-state index in [1.807, 2.05) is 17.8 Å². The molecule has 1 aromatic rings. The first-order valence-electron chi connectivity index (χ1n) is 3.98. The summed E-state index contributed by atoms with van der Waals surface area (Å²) in [5, 5.41) is 9.24. The molecule has 1 heterocycles. The van der Waals surface area contributed by atoms with Crippen LogP contribution in [0.25, 0.3) is 0 Å². The summed E-state index contributed by atoms with van der Waals surface area (Å²) in [6, 6.07) is 5.53. The van der Waals surface area contributed by atoms with Crippen molar-refractivity contribution in [3.05, 3.63) is 23.8 Å². The van der Waals surface area contributed by atoms with Crippen molar-refractivity contribution in [1.29, 1.82) is 0 Å². The van der Waals surface area contributed by atoms with Gasteiger partial charge < -0.3 is 10.8 Å². The van der Waals surface area contributed by atoms with Gasteiger partial charge in [-0.15, -0.1) is 11.8 Å². The van der Waals surface area contributed by atoms with Gasteiger partial charge in [-0.25, -0.2) is 0 Å². The first-order chi connectivity index (χ1) is 5.77. The molecular formula is C9H11NOS. The van der Waals surface area contributed by atoms with Gasteiger partial charge in [0.1, 0.15) is 5.75 Å². The maximum Gasteiger partial charge on any atom is 0.115 e. The lowest BCUT2D eigenvalue weighted by atomic mass is 10.0. The fourth-order valence-electron chi connectivity index (χ4n) is 1.41. The topological polar surface area (TPSA) is 46.2 Å². The summed E-state index contributed by atoms with van der Waals surface area (Å²) in [5.74, 6) is 1.39. The Morgan fingerprint density at radius 2 is 2.33 bits per heavy atom. The average molecular weight is 181 g/mol. The van der Waals surface area contributed by atoms with Gasteiger partial charge >= 0.3 is 0 Å². The Morgan fingerprint density at radius 1 is 1.50 bits per heavy atom. The van der Waals surface area contributed by atoms with Crippen molar-refractivity contribution in [3.63, 3.8) is 0 Å². The minimum absolute atomic E-state index is 0.105. The van der Waals surface area contributed by atoms with Crippen LogP contribution in [0.5, 0.6) is 5.75 Å². The molecule has 0 spiro atoms. The molecule has 0 radical (unpaired) electrons. The van der Waals surface area contributed by atoms with Crippen molar-refractivity contribution < 1.29 is 5.11 Å². The zero-order chi connectivity index (χ0) is 8.55. The first kappa shape index (κ1) is 7.95. The van der Waals surface area contributed by atoms with Gasteiger partial charge in [-0.05, 0) is 35.9 Å². The van der Waals surface area contributed by atoms with Crippen molar-refractivity contribution in [1.82, 2.24) is 0 Å². The number of hydrogen-bond donors (Lipinski definition) is 2. The lowest BCUT2D eigenvalue weighted by molar-refractivity contribution is 0.472. The Morgan fingerprint density at radius 3 is 3.17 bits per heavy atom. The van der Waals surface area contributed by atoms with Gasteiger partial charge in [-0.2, -0.15) is 0 Å². The molecule has 1 atom stereocenters. The molecule has 1 aromatic carbocycles. The molecule has 1 aliphatic heterocycles.